The summed E-state index contributed by atoms with van der Waals surface area (Å²) in [6.07, 6.45) is 1.73. The first-order valence-corrected chi connectivity index (χ1v) is 8.69. The summed E-state index contributed by atoms with van der Waals surface area (Å²) in [6.45, 7) is 1.95. The number of hydrogen-bond donors (Lipinski definition) is 0. The van der Waals surface area contributed by atoms with Gasteiger partial charge in [-0.25, -0.2) is 9.50 Å². The van der Waals surface area contributed by atoms with Gasteiger partial charge in [0.25, 0.3) is 5.69 Å². The SMILES string of the molecule is Cc1nn2c(-c3ccc([N+](=O)[O-])cc3)ccnc2c1-c1ccc(Br)cc1. The second-order valence-corrected chi connectivity index (χ2v) is 6.75. The molecule has 0 bridgehead atoms. The number of hydrogen-bond acceptors (Lipinski definition) is 4. The standard InChI is InChI=1S/C19H13BrN4O2/c1-12-18(14-2-6-15(20)7-3-14)19-21-11-10-17(23(19)22-12)13-4-8-16(9-5-13)24(25)26/h2-11H,1H3. The molecule has 7 heteroatoms. The maximum atomic E-state index is 10.9. The topological polar surface area (TPSA) is 73.3 Å². The highest BCUT2D eigenvalue weighted by molar-refractivity contribution is 9.10. The lowest BCUT2D eigenvalue weighted by molar-refractivity contribution is -0.384. The first-order valence-electron chi connectivity index (χ1n) is 7.90. The van der Waals surface area contributed by atoms with E-state index in [1.54, 1.807) is 22.8 Å². The molecule has 0 radical (unpaired) electrons. The van der Waals surface area contributed by atoms with Gasteiger partial charge in [-0.3, -0.25) is 10.1 Å². The highest BCUT2D eigenvalue weighted by Gasteiger charge is 2.16. The average Bonchev–Trinajstić information content (AvgIpc) is 2.98. The summed E-state index contributed by atoms with van der Waals surface area (Å²) in [6, 6.07) is 16.3. The number of nitro groups is 1. The number of benzene rings is 2. The van der Waals surface area contributed by atoms with E-state index in [-0.39, 0.29) is 5.69 Å². The Bertz CT molecular complexity index is 1120. The zero-order chi connectivity index (χ0) is 18.3. The van der Waals surface area contributed by atoms with Crippen LogP contribution in [0.3, 0.4) is 0 Å². The molecular weight excluding hydrogens is 396 g/mol. The van der Waals surface area contributed by atoms with E-state index in [1.165, 1.54) is 12.1 Å². The number of nitro benzene ring substituents is 1. The van der Waals surface area contributed by atoms with Crippen LogP contribution in [0.15, 0.2) is 65.3 Å². The fourth-order valence-corrected chi connectivity index (χ4v) is 3.24. The van der Waals surface area contributed by atoms with E-state index in [9.17, 15) is 10.1 Å². The first kappa shape index (κ1) is 16.4. The third-order valence-electron chi connectivity index (χ3n) is 4.20. The van der Waals surface area contributed by atoms with Crippen LogP contribution in [0.25, 0.3) is 28.0 Å². The maximum absolute atomic E-state index is 10.9. The van der Waals surface area contributed by atoms with Gasteiger partial charge in [0.15, 0.2) is 5.65 Å². The molecule has 4 rings (SSSR count). The Hall–Kier alpha value is -3.06. The predicted molar refractivity (Wildman–Crippen MR) is 103 cm³/mol. The Morgan fingerprint density at radius 2 is 1.65 bits per heavy atom. The first-order chi connectivity index (χ1) is 12.5. The molecule has 0 fully saturated rings. The molecule has 2 aromatic carbocycles. The van der Waals surface area contributed by atoms with Crippen LogP contribution in [-0.2, 0) is 0 Å². The number of aromatic nitrogens is 3. The van der Waals surface area contributed by atoms with Crippen molar-refractivity contribution in [1.29, 1.82) is 0 Å². The molecule has 2 aromatic heterocycles. The maximum Gasteiger partial charge on any atom is 0.269 e. The van der Waals surface area contributed by atoms with Crippen LogP contribution in [0.4, 0.5) is 5.69 Å². The minimum absolute atomic E-state index is 0.0613. The normalized spacial score (nSPS) is 11.0. The quantitative estimate of drug-likeness (QED) is 0.351. The summed E-state index contributed by atoms with van der Waals surface area (Å²) >= 11 is 3.45. The fraction of sp³-hybridized carbons (Fsp3) is 0.0526. The van der Waals surface area contributed by atoms with Crippen molar-refractivity contribution in [3.05, 3.63) is 81.1 Å². The van der Waals surface area contributed by atoms with Crippen LogP contribution in [0.1, 0.15) is 5.69 Å². The van der Waals surface area contributed by atoms with Gasteiger partial charge in [0, 0.05) is 33.9 Å². The molecule has 0 N–H and O–H groups in total. The van der Waals surface area contributed by atoms with E-state index in [1.807, 2.05) is 37.3 Å². The number of fused-ring (bicyclic) bond motifs is 1. The summed E-state index contributed by atoms with van der Waals surface area (Å²) in [4.78, 5) is 15.0. The summed E-state index contributed by atoms with van der Waals surface area (Å²) in [5.41, 5.74) is 5.36. The van der Waals surface area contributed by atoms with Crippen LogP contribution in [0, 0.1) is 17.0 Å². The highest BCUT2D eigenvalue weighted by atomic mass is 79.9. The lowest BCUT2D eigenvalue weighted by Gasteiger charge is -2.05. The zero-order valence-corrected chi connectivity index (χ0v) is 15.3. The van der Waals surface area contributed by atoms with Crippen molar-refractivity contribution in [2.45, 2.75) is 6.92 Å². The Balaban J connectivity index is 1.89. The Kier molecular flexibility index (Phi) is 4.00. The van der Waals surface area contributed by atoms with Gasteiger partial charge in [-0.15, -0.1) is 0 Å². The van der Waals surface area contributed by atoms with E-state index in [4.69, 9.17) is 0 Å². The summed E-state index contributed by atoms with van der Waals surface area (Å²) in [7, 11) is 0. The molecule has 0 aliphatic carbocycles. The molecule has 6 nitrogen and oxygen atoms in total. The zero-order valence-electron chi connectivity index (χ0n) is 13.8. The molecule has 0 amide bonds. The van der Waals surface area contributed by atoms with Gasteiger partial charge in [-0.1, -0.05) is 28.1 Å². The molecule has 0 aliphatic rings. The lowest BCUT2D eigenvalue weighted by atomic mass is 10.1. The molecule has 4 aromatic rings. The largest absolute Gasteiger partial charge is 0.269 e. The molecule has 0 unspecified atom stereocenters. The van der Waals surface area contributed by atoms with Gasteiger partial charge in [-0.2, -0.15) is 5.10 Å². The summed E-state index contributed by atoms with van der Waals surface area (Å²) in [5.74, 6) is 0. The number of non-ortho nitro benzene ring substituents is 1. The van der Waals surface area contributed by atoms with Crippen molar-refractivity contribution < 1.29 is 4.92 Å². The van der Waals surface area contributed by atoms with Crippen LogP contribution >= 0.6 is 15.9 Å². The smallest absolute Gasteiger partial charge is 0.258 e. The van der Waals surface area contributed by atoms with Crippen molar-refractivity contribution >= 4 is 27.3 Å². The van der Waals surface area contributed by atoms with Crippen LogP contribution in [0.2, 0.25) is 0 Å². The second-order valence-electron chi connectivity index (χ2n) is 5.84. The molecular formula is C19H13BrN4O2. The molecule has 2 heterocycles. The van der Waals surface area contributed by atoms with Gasteiger partial charge in [0.1, 0.15) is 0 Å². The van der Waals surface area contributed by atoms with Gasteiger partial charge in [0.2, 0.25) is 0 Å². The van der Waals surface area contributed by atoms with Crippen molar-refractivity contribution in [3.63, 3.8) is 0 Å². The minimum atomic E-state index is -0.407. The van der Waals surface area contributed by atoms with E-state index >= 15 is 0 Å². The monoisotopic (exact) mass is 408 g/mol. The van der Waals surface area contributed by atoms with Crippen molar-refractivity contribution in [3.8, 4) is 22.4 Å². The van der Waals surface area contributed by atoms with Crippen LogP contribution in [0.5, 0.6) is 0 Å². The van der Waals surface area contributed by atoms with Gasteiger partial charge >= 0.3 is 0 Å². The number of halogens is 1. The van der Waals surface area contributed by atoms with Gasteiger partial charge < -0.3 is 0 Å². The van der Waals surface area contributed by atoms with E-state index < -0.39 is 4.92 Å². The fourth-order valence-electron chi connectivity index (χ4n) is 2.98. The predicted octanol–water partition coefficient (Wildman–Crippen LogP) is 5.04. The minimum Gasteiger partial charge on any atom is -0.258 e. The van der Waals surface area contributed by atoms with Crippen LogP contribution in [-0.4, -0.2) is 19.5 Å². The third-order valence-corrected chi connectivity index (χ3v) is 4.73. The summed E-state index contributed by atoms with van der Waals surface area (Å²) < 4.78 is 2.79. The Labute approximate surface area is 157 Å². The second kappa shape index (κ2) is 6.34. The van der Waals surface area contributed by atoms with Crippen molar-refractivity contribution in [1.82, 2.24) is 14.6 Å². The van der Waals surface area contributed by atoms with Crippen molar-refractivity contribution in [2.75, 3.05) is 0 Å². The number of aryl methyl sites for hydroxylation is 1. The van der Waals surface area contributed by atoms with E-state index in [0.717, 1.165) is 38.2 Å². The molecule has 0 atom stereocenters. The molecule has 0 spiro atoms. The molecule has 0 saturated carbocycles. The molecule has 0 aliphatic heterocycles. The molecule has 128 valence electrons. The Morgan fingerprint density at radius 3 is 2.31 bits per heavy atom. The number of rotatable bonds is 3. The number of nitrogens with zero attached hydrogens (tertiary/aromatic N) is 4. The lowest BCUT2D eigenvalue weighted by Crippen LogP contribution is -1.96. The van der Waals surface area contributed by atoms with Gasteiger partial charge in [0.05, 0.1) is 16.3 Å². The molecule has 26 heavy (non-hydrogen) atoms. The van der Waals surface area contributed by atoms with Crippen LogP contribution < -0.4 is 0 Å². The Morgan fingerprint density at radius 1 is 1.00 bits per heavy atom. The third kappa shape index (κ3) is 2.76. The molecule has 0 saturated heterocycles. The van der Waals surface area contributed by atoms with E-state index in [0.29, 0.717) is 0 Å². The highest BCUT2D eigenvalue weighted by Crippen LogP contribution is 2.31. The van der Waals surface area contributed by atoms with E-state index in [2.05, 4.69) is 26.0 Å². The van der Waals surface area contributed by atoms with Crippen molar-refractivity contribution in [2.24, 2.45) is 0 Å². The summed E-state index contributed by atoms with van der Waals surface area (Å²) in [5, 5.41) is 15.5. The average molecular weight is 409 g/mol. The van der Waals surface area contributed by atoms with Gasteiger partial charge in [-0.05, 0) is 42.8 Å².